The second-order valence-corrected chi connectivity index (χ2v) is 6.06. The fraction of sp³-hybridized carbons (Fsp3) is 0.750. The maximum atomic E-state index is 4.13. The summed E-state index contributed by atoms with van der Waals surface area (Å²) in [6.45, 7) is 3.47. The number of hydrogen-bond donors (Lipinski definition) is 1. The molecule has 1 heterocycles. The number of thiazole rings is 1. The Kier molecular flexibility index (Phi) is 2.33. The summed E-state index contributed by atoms with van der Waals surface area (Å²) < 4.78 is 0. The Labute approximate surface area is 95.1 Å². The van der Waals surface area contributed by atoms with E-state index >= 15 is 0 Å². The predicted molar refractivity (Wildman–Crippen MR) is 62.9 cm³/mol. The first kappa shape index (κ1) is 9.79. The highest BCUT2D eigenvalue weighted by atomic mass is 32.1. The lowest BCUT2D eigenvalue weighted by atomic mass is 10.0. The van der Waals surface area contributed by atoms with Crippen molar-refractivity contribution in [2.45, 2.75) is 38.6 Å². The zero-order valence-electron chi connectivity index (χ0n) is 9.20. The molecule has 1 unspecified atom stereocenters. The first-order chi connectivity index (χ1) is 7.30. The maximum absolute atomic E-state index is 4.13. The third kappa shape index (κ3) is 1.95. The van der Waals surface area contributed by atoms with Crippen molar-refractivity contribution >= 4 is 11.3 Å². The molecule has 2 saturated carbocycles. The lowest BCUT2D eigenvalue weighted by Gasteiger charge is -2.18. The molecule has 15 heavy (non-hydrogen) atoms. The van der Waals surface area contributed by atoms with Crippen LogP contribution in [0.25, 0.3) is 0 Å². The van der Waals surface area contributed by atoms with Gasteiger partial charge in [-0.25, -0.2) is 0 Å². The quantitative estimate of drug-likeness (QED) is 0.828. The Bertz CT molecular complexity index is 325. The molecule has 0 saturated heterocycles. The lowest BCUT2D eigenvalue weighted by molar-refractivity contribution is 0.383. The standard InChI is InChI=1S/C12H18N2S/c1-9(11-6-13-8-15-11)14-7-12(4-5-12)10-2-3-10/h6,8-10,14H,2-5,7H2,1H3. The van der Waals surface area contributed by atoms with Crippen LogP contribution in [0.15, 0.2) is 11.7 Å². The van der Waals surface area contributed by atoms with E-state index in [2.05, 4.69) is 17.2 Å². The minimum Gasteiger partial charge on any atom is -0.309 e. The summed E-state index contributed by atoms with van der Waals surface area (Å²) in [5, 5.41) is 3.68. The van der Waals surface area contributed by atoms with Gasteiger partial charge in [0, 0.05) is 23.7 Å². The van der Waals surface area contributed by atoms with Gasteiger partial charge in [-0.1, -0.05) is 0 Å². The van der Waals surface area contributed by atoms with E-state index in [4.69, 9.17) is 0 Å². The summed E-state index contributed by atoms with van der Waals surface area (Å²) in [6.07, 6.45) is 7.87. The van der Waals surface area contributed by atoms with E-state index in [1.165, 1.54) is 37.1 Å². The molecule has 1 aromatic rings. The van der Waals surface area contributed by atoms with Gasteiger partial charge in [-0.15, -0.1) is 11.3 Å². The molecule has 0 amide bonds. The normalized spacial score (nSPS) is 25.1. The molecule has 1 atom stereocenters. The second-order valence-electron chi connectivity index (χ2n) is 5.14. The van der Waals surface area contributed by atoms with Gasteiger partial charge >= 0.3 is 0 Å². The van der Waals surface area contributed by atoms with Crippen LogP contribution in [-0.4, -0.2) is 11.5 Å². The van der Waals surface area contributed by atoms with Gasteiger partial charge in [0.2, 0.25) is 0 Å². The molecule has 0 radical (unpaired) electrons. The van der Waals surface area contributed by atoms with E-state index in [-0.39, 0.29) is 0 Å². The Morgan fingerprint density at radius 3 is 2.93 bits per heavy atom. The summed E-state index contributed by atoms with van der Waals surface area (Å²) in [4.78, 5) is 5.49. The van der Waals surface area contributed by atoms with Gasteiger partial charge in [-0.05, 0) is 43.9 Å². The molecule has 3 rings (SSSR count). The minimum atomic E-state index is 0.480. The molecule has 0 aliphatic heterocycles. The predicted octanol–water partition coefficient (Wildman–Crippen LogP) is 2.98. The molecule has 2 nitrogen and oxygen atoms in total. The van der Waals surface area contributed by atoms with Crippen molar-refractivity contribution in [1.29, 1.82) is 0 Å². The zero-order chi connectivity index (χ0) is 10.3. The molecule has 3 heteroatoms. The average molecular weight is 222 g/mol. The van der Waals surface area contributed by atoms with Crippen molar-refractivity contribution in [3.63, 3.8) is 0 Å². The van der Waals surface area contributed by atoms with Gasteiger partial charge in [0.1, 0.15) is 0 Å². The maximum Gasteiger partial charge on any atom is 0.0794 e. The van der Waals surface area contributed by atoms with Gasteiger partial charge in [0.15, 0.2) is 0 Å². The van der Waals surface area contributed by atoms with Crippen LogP contribution in [0.5, 0.6) is 0 Å². The third-order valence-corrected chi connectivity index (χ3v) is 4.93. The fourth-order valence-corrected chi connectivity index (χ4v) is 3.13. The third-order valence-electron chi connectivity index (χ3n) is 3.97. The van der Waals surface area contributed by atoms with Gasteiger partial charge in [0.05, 0.1) is 5.51 Å². The van der Waals surface area contributed by atoms with E-state index in [1.54, 1.807) is 11.3 Å². The molecule has 0 bridgehead atoms. The fourth-order valence-electron chi connectivity index (χ4n) is 2.48. The SMILES string of the molecule is CC(NCC1(C2CC2)CC1)c1cncs1. The minimum absolute atomic E-state index is 0.480. The summed E-state index contributed by atoms with van der Waals surface area (Å²) in [5.74, 6) is 1.05. The van der Waals surface area contributed by atoms with Crippen LogP contribution < -0.4 is 5.32 Å². The molecule has 82 valence electrons. The monoisotopic (exact) mass is 222 g/mol. The lowest BCUT2D eigenvalue weighted by Crippen LogP contribution is -2.27. The largest absolute Gasteiger partial charge is 0.309 e. The van der Waals surface area contributed by atoms with Crippen LogP contribution in [0, 0.1) is 11.3 Å². The summed E-state index contributed by atoms with van der Waals surface area (Å²) >= 11 is 1.75. The molecule has 2 aliphatic rings. The molecular weight excluding hydrogens is 204 g/mol. The first-order valence-electron chi connectivity index (χ1n) is 5.92. The van der Waals surface area contributed by atoms with Crippen molar-refractivity contribution in [2.24, 2.45) is 11.3 Å². The Morgan fingerprint density at radius 1 is 1.60 bits per heavy atom. The second kappa shape index (κ2) is 3.56. The van der Waals surface area contributed by atoms with Crippen LogP contribution in [0.2, 0.25) is 0 Å². The summed E-state index contributed by atoms with van der Waals surface area (Å²) in [5.41, 5.74) is 2.63. The number of rotatable bonds is 5. The van der Waals surface area contributed by atoms with Gasteiger partial charge in [-0.2, -0.15) is 0 Å². The average Bonchev–Trinajstić information content (AvgIpc) is 3.14. The smallest absolute Gasteiger partial charge is 0.0794 e. The number of hydrogen-bond acceptors (Lipinski definition) is 3. The number of nitrogens with one attached hydrogen (secondary N) is 1. The topological polar surface area (TPSA) is 24.9 Å². The molecule has 0 spiro atoms. The van der Waals surface area contributed by atoms with E-state index in [0.717, 1.165) is 5.92 Å². The van der Waals surface area contributed by atoms with Crippen molar-refractivity contribution < 1.29 is 0 Å². The van der Waals surface area contributed by atoms with Crippen LogP contribution in [0.3, 0.4) is 0 Å². The van der Waals surface area contributed by atoms with Gasteiger partial charge < -0.3 is 5.32 Å². The molecule has 1 N–H and O–H groups in total. The van der Waals surface area contributed by atoms with E-state index in [0.29, 0.717) is 11.5 Å². The van der Waals surface area contributed by atoms with Crippen LogP contribution in [0.4, 0.5) is 0 Å². The molecule has 2 aliphatic carbocycles. The highest BCUT2D eigenvalue weighted by Crippen LogP contribution is 2.60. The molecular formula is C12H18N2S. The van der Waals surface area contributed by atoms with Gasteiger partial charge in [0.25, 0.3) is 0 Å². The molecule has 0 aromatic carbocycles. The highest BCUT2D eigenvalue weighted by Gasteiger charge is 2.53. The summed E-state index contributed by atoms with van der Waals surface area (Å²) in [7, 11) is 0. The Hall–Kier alpha value is -0.410. The summed E-state index contributed by atoms with van der Waals surface area (Å²) in [6, 6.07) is 0.480. The van der Waals surface area contributed by atoms with Gasteiger partial charge in [-0.3, -0.25) is 4.98 Å². The zero-order valence-corrected chi connectivity index (χ0v) is 10.0. The Morgan fingerprint density at radius 2 is 2.40 bits per heavy atom. The molecule has 2 fully saturated rings. The van der Waals surface area contributed by atoms with Crippen molar-refractivity contribution in [1.82, 2.24) is 10.3 Å². The number of aromatic nitrogens is 1. The number of nitrogens with zero attached hydrogens (tertiary/aromatic N) is 1. The van der Waals surface area contributed by atoms with Crippen molar-refractivity contribution in [3.05, 3.63) is 16.6 Å². The van der Waals surface area contributed by atoms with Crippen molar-refractivity contribution in [3.8, 4) is 0 Å². The van der Waals surface area contributed by atoms with Crippen LogP contribution in [-0.2, 0) is 0 Å². The van der Waals surface area contributed by atoms with Crippen molar-refractivity contribution in [2.75, 3.05) is 6.54 Å². The highest BCUT2D eigenvalue weighted by molar-refractivity contribution is 7.09. The van der Waals surface area contributed by atoms with E-state index in [9.17, 15) is 0 Å². The Balaban J connectivity index is 1.53. The van der Waals surface area contributed by atoms with E-state index < -0.39 is 0 Å². The first-order valence-corrected chi connectivity index (χ1v) is 6.80. The van der Waals surface area contributed by atoms with E-state index in [1.807, 2.05) is 11.7 Å². The molecule has 1 aromatic heterocycles. The van der Waals surface area contributed by atoms with Crippen LogP contribution in [0.1, 0.15) is 43.5 Å². The van der Waals surface area contributed by atoms with Crippen LogP contribution >= 0.6 is 11.3 Å².